The van der Waals surface area contributed by atoms with Crippen LogP contribution in [0.15, 0.2) is 29.1 Å². The molecule has 1 N–H and O–H groups in total. The van der Waals surface area contributed by atoms with E-state index in [1.165, 1.54) is 4.68 Å². The standard InChI is InChI=1S/C13H14N2O2/c1-8-4-6-10(7-5-8)12(16)11-9(2)14-15(3)13(11)17/h4-7,14H,1-3H3. The smallest absolute Gasteiger partial charge is 0.277 e. The third-order valence-electron chi connectivity index (χ3n) is 2.77. The fourth-order valence-corrected chi connectivity index (χ4v) is 1.80. The van der Waals surface area contributed by atoms with Crippen molar-refractivity contribution in [3.63, 3.8) is 0 Å². The first-order chi connectivity index (χ1) is 8.00. The van der Waals surface area contributed by atoms with Gasteiger partial charge in [0, 0.05) is 18.3 Å². The highest BCUT2D eigenvalue weighted by Gasteiger charge is 2.18. The average Bonchev–Trinajstić information content (AvgIpc) is 2.53. The number of aromatic amines is 1. The molecule has 88 valence electrons. The fourth-order valence-electron chi connectivity index (χ4n) is 1.80. The zero-order valence-corrected chi connectivity index (χ0v) is 10.1. The molecule has 0 atom stereocenters. The Bertz CT molecular complexity index is 618. The Balaban J connectivity index is 2.51. The Morgan fingerprint density at radius 2 is 1.76 bits per heavy atom. The lowest BCUT2D eigenvalue weighted by molar-refractivity contribution is 0.103. The van der Waals surface area contributed by atoms with E-state index < -0.39 is 0 Å². The highest BCUT2D eigenvalue weighted by molar-refractivity contribution is 6.09. The zero-order valence-electron chi connectivity index (χ0n) is 10.1. The van der Waals surface area contributed by atoms with Gasteiger partial charge in [-0.2, -0.15) is 0 Å². The van der Waals surface area contributed by atoms with Crippen LogP contribution in [0.3, 0.4) is 0 Å². The summed E-state index contributed by atoms with van der Waals surface area (Å²) >= 11 is 0. The summed E-state index contributed by atoms with van der Waals surface area (Å²) in [7, 11) is 1.60. The minimum absolute atomic E-state index is 0.219. The predicted molar refractivity (Wildman–Crippen MR) is 65.4 cm³/mol. The van der Waals surface area contributed by atoms with Gasteiger partial charge in [-0.3, -0.25) is 19.4 Å². The number of benzene rings is 1. The topological polar surface area (TPSA) is 54.9 Å². The van der Waals surface area contributed by atoms with Gasteiger partial charge in [-0.15, -0.1) is 0 Å². The molecule has 0 spiro atoms. The molecular formula is C13H14N2O2. The third kappa shape index (κ3) is 1.93. The lowest BCUT2D eigenvalue weighted by Crippen LogP contribution is -2.19. The van der Waals surface area contributed by atoms with Gasteiger partial charge < -0.3 is 0 Å². The van der Waals surface area contributed by atoms with Crippen LogP contribution in [0.4, 0.5) is 0 Å². The van der Waals surface area contributed by atoms with Crippen molar-refractivity contribution in [1.82, 2.24) is 9.78 Å². The van der Waals surface area contributed by atoms with Crippen LogP contribution in [-0.2, 0) is 7.05 Å². The minimum Gasteiger partial charge on any atom is -0.299 e. The number of aromatic nitrogens is 2. The van der Waals surface area contributed by atoms with Gasteiger partial charge in [0.05, 0.1) is 0 Å². The lowest BCUT2D eigenvalue weighted by atomic mass is 10.0. The van der Waals surface area contributed by atoms with Crippen LogP contribution in [0, 0.1) is 13.8 Å². The number of hydrogen-bond acceptors (Lipinski definition) is 2. The number of nitrogens with zero attached hydrogens (tertiary/aromatic N) is 1. The Morgan fingerprint density at radius 1 is 1.18 bits per heavy atom. The van der Waals surface area contributed by atoms with Gasteiger partial charge in [0.1, 0.15) is 5.56 Å². The number of hydrogen-bond donors (Lipinski definition) is 1. The van der Waals surface area contributed by atoms with Gasteiger partial charge in [0.25, 0.3) is 5.56 Å². The number of nitrogens with one attached hydrogen (secondary N) is 1. The average molecular weight is 230 g/mol. The van der Waals surface area contributed by atoms with Crippen molar-refractivity contribution in [2.24, 2.45) is 7.05 Å². The maximum absolute atomic E-state index is 12.2. The molecule has 1 aromatic carbocycles. The number of rotatable bonds is 2. The Hall–Kier alpha value is -2.10. The summed E-state index contributed by atoms with van der Waals surface area (Å²) in [6.07, 6.45) is 0. The highest BCUT2D eigenvalue weighted by Crippen LogP contribution is 2.10. The number of aryl methyl sites for hydroxylation is 3. The Kier molecular flexibility index (Phi) is 2.71. The first kappa shape index (κ1) is 11.4. The summed E-state index contributed by atoms with van der Waals surface area (Å²) in [5.41, 5.74) is 2.16. The van der Waals surface area contributed by atoms with Gasteiger partial charge in [0.2, 0.25) is 0 Å². The van der Waals surface area contributed by atoms with Gasteiger partial charge in [-0.1, -0.05) is 29.8 Å². The molecule has 0 bridgehead atoms. The van der Waals surface area contributed by atoms with Crippen LogP contribution in [0.1, 0.15) is 27.2 Å². The normalized spacial score (nSPS) is 10.5. The molecule has 4 heteroatoms. The summed E-state index contributed by atoms with van der Waals surface area (Å²) < 4.78 is 1.32. The second-order valence-corrected chi connectivity index (χ2v) is 4.17. The molecule has 0 saturated heterocycles. The molecule has 2 aromatic rings. The van der Waals surface area contributed by atoms with E-state index in [4.69, 9.17) is 0 Å². The van der Waals surface area contributed by atoms with Crippen LogP contribution in [0.25, 0.3) is 0 Å². The van der Waals surface area contributed by atoms with Gasteiger partial charge in [0.15, 0.2) is 5.78 Å². The first-order valence-electron chi connectivity index (χ1n) is 5.37. The van der Waals surface area contributed by atoms with Crippen molar-refractivity contribution in [3.05, 3.63) is 57.0 Å². The second kappa shape index (κ2) is 4.05. The molecule has 2 rings (SSSR count). The van der Waals surface area contributed by atoms with Crippen LogP contribution in [0.2, 0.25) is 0 Å². The zero-order chi connectivity index (χ0) is 12.6. The summed E-state index contributed by atoms with van der Waals surface area (Å²) in [6.45, 7) is 3.68. The fraction of sp³-hybridized carbons (Fsp3) is 0.231. The largest absolute Gasteiger partial charge is 0.299 e. The maximum Gasteiger partial charge on any atom is 0.277 e. The van der Waals surface area contributed by atoms with Crippen LogP contribution in [0.5, 0.6) is 0 Å². The monoisotopic (exact) mass is 230 g/mol. The summed E-state index contributed by atoms with van der Waals surface area (Å²) in [6, 6.07) is 7.20. The van der Waals surface area contributed by atoms with Crippen molar-refractivity contribution in [3.8, 4) is 0 Å². The predicted octanol–water partition coefficient (Wildman–Crippen LogP) is 1.56. The second-order valence-electron chi connectivity index (χ2n) is 4.17. The van der Waals surface area contributed by atoms with E-state index >= 15 is 0 Å². The van der Waals surface area contributed by atoms with E-state index in [0.29, 0.717) is 11.3 Å². The van der Waals surface area contributed by atoms with E-state index in [-0.39, 0.29) is 16.9 Å². The van der Waals surface area contributed by atoms with Crippen molar-refractivity contribution in [2.45, 2.75) is 13.8 Å². The molecule has 0 saturated carbocycles. The molecule has 0 unspecified atom stereocenters. The number of H-pyrrole nitrogens is 1. The van der Waals surface area contributed by atoms with Crippen molar-refractivity contribution in [1.29, 1.82) is 0 Å². The van der Waals surface area contributed by atoms with Crippen LogP contribution >= 0.6 is 0 Å². The number of ketones is 1. The Labute approximate surface area is 98.9 Å². The molecule has 4 nitrogen and oxygen atoms in total. The SMILES string of the molecule is Cc1ccc(C(=O)c2c(C)[nH]n(C)c2=O)cc1. The van der Waals surface area contributed by atoms with Crippen molar-refractivity contribution < 1.29 is 4.79 Å². The van der Waals surface area contributed by atoms with Crippen molar-refractivity contribution in [2.75, 3.05) is 0 Å². The minimum atomic E-state index is -0.284. The molecule has 0 aliphatic rings. The van der Waals surface area contributed by atoms with Crippen LogP contribution < -0.4 is 5.56 Å². The molecule has 1 aromatic heterocycles. The number of carbonyl (C=O) groups excluding carboxylic acids is 1. The van der Waals surface area contributed by atoms with E-state index in [2.05, 4.69) is 5.10 Å². The molecular weight excluding hydrogens is 216 g/mol. The maximum atomic E-state index is 12.2. The van der Waals surface area contributed by atoms with Gasteiger partial charge in [-0.05, 0) is 13.8 Å². The molecule has 0 fully saturated rings. The molecule has 1 heterocycles. The van der Waals surface area contributed by atoms with E-state index in [9.17, 15) is 9.59 Å². The van der Waals surface area contributed by atoms with E-state index in [1.807, 2.05) is 19.1 Å². The molecule has 0 aliphatic carbocycles. The van der Waals surface area contributed by atoms with E-state index in [1.54, 1.807) is 26.1 Å². The number of carbonyl (C=O) groups is 1. The summed E-state index contributed by atoms with van der Waals surface area (Å²) in [5, 5.41) is 2.82. The Morgan fingerprint density at radius 3 is 2.24 bits per heavy atom. The van der Waals surface area contributed by atoms with Gasteiger partial charge >= 0.3 is 0 Å². The third-order valence-corrected chi connectivity index (χ3v) is 2.77. The summed E-state index contributed by atoms with van der Waals surface area (Å²) in [4.78, 5) is 24.0. The molecule has 0 amide bonds. The quantitative estimate of drug-likeness (QED) is 0.796. The van der Waals surface area contributed by atoms with Crippen LogP contribution in [-0.4, -0.2) is 15.6 Å². The van der Waals surface area contributed by atoms with Crippen molar-refractivity contribution >= 4 is 5.78 Å². The first-order valence-corrected chi connectivity index (χ1v) is 5.37. The molecule has 17 heavy (non-hydrogen) atoms. The molecule has 0 aliphatic heterocycles. The summed E-state index contributed by atoms with van der Waals surface area (Å²) in [5.74, 6) is -0.232. The highest BCUT2D eigenvalue weighted by atomic mass is 16.2. The molecule has 0 radical (unpaired) electrons. The lowest BCUT2D eigenvalue weighted by Gasteiger charge is -1.99. The van der Waals surface area contributed by atoms with E-state index in [0.717, 1.165) is 5.56 Å². The van der Waals surface area contributed by atoms with Gasteiger partial charge in [-0.25, -0.2) is 0 Å².